The van der Waals surface area contributed by atoms with E-state index in [4.69, 9.17) is 17.3 Å². The van der Waals surface area contributed by atoms with Crippen LogP contribution in [0.5, 0.6) is 0 Å². The van der Waals surface area contributed by atoms with E-state index in [9.17, 15) is 4.79 Å². The third-order valence-corrected chi connectivity index (χ3v) is 1.39. The molecule has 0 aromatic carbocycles. The summed E-state index contributed by atoms with van der Waals surface area (Å²) in [4.78, 5) is 10.2. The zero-order valence-corrected chi connectivity index (χ0v) is 5.56. The molecular weight excluding hydrogens is 138 g/mol. The van der Waals surface area contributed by atoms with Gasteiger partial charge in [-0.25, -0.2) is 4.79 Å². The van der Waals surface area contributed by atoms with Crippen LogP contribution in [0.2, 0.25) is 0 Å². The molecule has 0 aliphatic heterocycles. The Kier molecular flexibility index (Phi) is 2.56. The molecule has 3 N–H and O–H groups in total. The molecule has 0 aromatic rings. The second kappa shape index (κ2) is 2.76. The predicted molar refractivity (Wildman–Crippen MR) is 37.2 cm³/mol. The van der Waals surface area contributed by atoms with Gasteiger partial charge in [0, 0.05) is 5.75 Å². The molecule has 0 rings (SSSR count). The van der Waals surface area contributed by atoms with E-state index in [1.54, 1.807) is 0 Å². The minimum absolute atomic E-state index is 0.0567. The molecule has 0 aromatic heterocycles. The van der Waals surface area contributed by atoms with Gasteiger partial charge in [-0.3, -0.25) is 0 Å². The molecule has 0 radical (unpaired) electrons. The smallest absolute Gasteiger partial charge is 0.337 e. The van der Waals surface area contributed by atoms with Crippen molar-refractivity contribution in [2.75, 3.05) is 5.75 Å². The van der Waals surface area contributed by atoms with E-state index < -0.39 is 11.5 Å². The van der Waals surface area contributed by atoms with E-state index in [2.05, 4.69) is 12.6 Å². The van der Waals surface area contributed by atoms with Gasteiger partial charge in [0.05, 0.1) is 0 Å². The van der Waals surface area contributed by atoms with Crippen LogP contribution < -0.4 is 5.73 Å². The molecule has 0 saturated carbocycles. The van der Waals surface area contributed by atoms with Crippen molar-refractivity contribution in [1.82, 2.24) is 0 Å². The third-order valence-electron chi connectivity index (χ3n) is 0.889. The van der Waals surface area contributed by atoms with Crippen LogP contribution in [-0.4, -0.2) is 22.4 Å². The normalized spacial score (nSPS) is 15.7. The molecule has 4 heteroatoms. The molecule has 0 saturated heterocycles. The summed E-state index contributed by atoms with van der Waals surface area (Å²) in [6.07, 6.45) is 4.81. The van der Waals surface area contributed by atoms with E-state index >= 15 is 0 Å². The summed E-state index contributed by atoms with van der Waals surface area (Å²) < 4.78 is 0. The Labute approximate surface area is 58.6 Å². The number of carboxylic acids is 1. The fraction of sp³-hybridized carbons (Fsp3) is 0.400. The quantitative estimate of drug-likeness (QED) is 0.357. The highest BCUT2D eigenvalue weighted by Crippen LogP contribution is 2.00. The van der Waals surface area contributed by atoms with Crippen LogP contribution in [-0.2, 0) is 4.79 Å². The first kappa shape index (κ1) is 8.34. The van der Waals surface area contributed by atoms with Crippen LogP contribution in [0.25, 0.3) is 0 Å². The van der Waals surface area contributed by atoms with Gasteiger partial charge in [-0.15, -0.1) is 6.42 Å². The van der Waals surface area contributed by atoms with Crippen molar-refractivity contribution in [2.24, 2.45) is 5.73 Å². The molecule has 0 spiro atoms. The van der Waals surface area contributed by atoms with Gasteiger partial charge in [-0.2, -0.15) is 12.6 Å². The van der Waals surface area contributed by atoms with Crippen LogP contribution in [0.3, 0.4) is 0 Å². The Balaban J connectivity index is 4.33. The number of thiol groups is 1. The minimum Gasteiger partial charge on any atom is -0.479 e. The number of hydrogen-bond acceptors (Lipinski definition) is 3. The van der Waals surface area contributed by atoms with Crippen molar-refractivity contribution < 1.29 is 9.90 Å². The van der Waals surface area contributed by atoms with Crippen molar-refractivity contribution in [3.63, 3.8) is 0 Å². The number of carbonyl (C=O) groups is 1. The van der Waals surface area contributed by atoms with Crippen LogP contribution in [0, 0.1) is 12.3 Å². The third kappa shape index (κ3) is 1.63. The lowest BCUT2D eigenvalue weighted by Crippen LogP contribution is -2.48. The fourth-order valence-electron chi connectivity index (χ4n) is 0.175. The zero-order valence-electron chi connectivity index (χ0n) is 4.66. The predicted octanol–water partition coefficient (Wildman–Crippen LogP) is -0.669. The molecule has 0 aliphatic carbocycles. The van der Waals surface area contributed by atoms with Crippen molar-refractivity contribution in [3.8, 4) is 12.3 Å². The number of rotatable bonds is 2. The van der Waals surface area contributed by atoms with Crippen molar-refractivity contribution in [1.29, 1.82) is 0 Å². The number of terminal acetylenes is 1. The van der Waals surface area contributed by atoms with Crippen LogP contribution in [0.15, 0.2) is 0 Å². The van der Waals surface area contributed by atoms with Gasteiger partial charge in [0.25, 0.3) is 0 Å². The molecule has 3 nitrogen and oxygen atoms in total. The van der Waals surface area contributed by atoms with Crippen LogP contribution in [0.4, 0.5) is 0 Å². The lowest BCUT2D eigenvalue weighted by Gasteiger charge is -2.13. The maximum absolute atomic E-state index is 10.2. The van der Waals surface area contributed by atoms with Gasteiger partial charge in [-0.1, -0.05) is 5.92 Å². The Hall–Kier alpha value is -0.660. The first-order chi connectivity index (χ1) is 4.06. The van der Waals surface area contributed by atoms with E-state index in [-0.39, 0.29) is 5.75 Å². The first-order valence-corrected chi connectivity index (χ1v) is 2.81. The molecule has 0 bridgehead atoms. The van der Waals surface area contributed by atoms with Crippen molar-refractivity contribution >= 4 is 18.6 Å². The van der Waals surface area contributed by atoms with Gasteiger partial charge in [0.1, 0.15) is 0 Å². The molecule has 1 atom stereocenters. The summed E-state index contributed by atoms with van der Waals surface area (Å²) in [7, 11) is 0. The maximum Gasteiger partial charge on any atom is 0.337 e. The largest absolute Gasteiger partial charge is 0.479 e. The van der Waals surface area contributed by atoms with Crippen molar-refractivity contribution in [2.45, 2.75) is 5.54 Å². The SMILES string of the molecule is C#CC(N)(CS)C(=O)O. The molecule has 1 unspecified atom stereocenters. The van der Waals surface area contributed by atoms with Gasteiger partial charge in [-0.05, 0) is 0 Å². The first-order valence-electron chi connectivity index (χ1n) is 2.17. The van der Waals surface area contributed by atoms with E-state index in [0.717, 1.165) is 0 Å². The molecule has 0 amide bonds. The second-order valence-electron chi connectivity index (χ2n) is 1.58. The molecule has 0 heterocycles. The molecule has 9 heavy (non-hydrogen) atoms. The Morgan fingerprint density at radius 2 is 2.44 bits per heavy atom. The monoisotopic (exact) mass is 145 g/mol. The fourth-order valence-corrected chi connectivity index (χ4v) is 0.402. The highest BCUT2D eigenvalue weighted by atomic mass is 32.1. The molecular formula is C5H7NO2S. The standard InChI is InChI=1S/C5H7NO2S/c1-2-5(6,3-9)4(7)8/h1,9H,3,6H2,(H,7,8). The Bertz CT molecular complexity index is 163. The lowest BCUT2D eigenvalue weighted by atomic mass is 10.1. The zero-order chi connectivity index (χ0) is 7.49. The van der Waals surface area contributed by atoms with Gasteiger partial charge >= 0.3 is 5.97 Å². The van der Waals surface area contributed by atoms with Crippen LogP contribution in [0.1, 0.15) is 0 Å². The highest BCUT2D eigenvalue weighted by molar-refractivity contribution is 7.80. The highest BCUT2D eigenvalue weighted by Gasteiger charge is 2.29. The molecule has 0 fully saturated rings. The Morgan fingerprint density at radius 3 is 2.44 bits per heavy atom. The summed E-state index contributed by atoms with van der Waals surface area (Å²) in [6, 6.07) is 0. The number of hydrogen-bond donors (Lipinski definition) is 3. The van der Waals surface area contributed by atoms with Gasteiger partial charge in [0.15, 0.2) is 5.54 Å². The van der Waals surface area contributed by atoms with E-state index in [0.29, 0.717) is 0 Å². The molecule has 0 aliphatic rings. The topological polar surface area (TPSA) is 63.3 Å². The van der Waals surface area contributed by atoms with E-state index in [1.165, 1.54) is 0 Å². The maximum atomic E-state index is 10.2. The van der Waals surface area contributed by atoms with E-state index in [1.807, 2.05) is 5.92 Å². The number of aliphatic carboxylic acids is 1. The summed E-state index contributed by atoms with van der Waals surface area (Å²) in [6.45, 7) is 0. The number of carboxylic acid groups (broad SMARTS) is 1. The lowest BCUT2D eigenvalue weighted by molar-refractivity contribution is -0.140. The molecule has 50 valence electrons. The summed E-state index contributed by atoms with van der Waals surface area (Å²) in [5.74, 6) is 0.650. The summed E-state index contributed by atoms with van der Waals surface area (Å²) in [5.41, 5.74) is 3.52. The average Bonchev–Trinajstić information content (AvgIpc) is 1.86. The van der Waals surface area contributed by atoms with Gasteiger partial charge < -0.3 is 10.8 Å². The van der Waals surface area contributed by atoms with Gasteiger partial charge in [0.2, 0.25) is 0 Å². The Morgan fingerprint density at radius 1 is 2.00 bits per heavy atom. The average molecular weight is 145 g/mol. The second-order valence-corrected chi connectivity index (χ2v) is 1.90. The summed E-state index contributed by atoms with van der Waals surface area (Å²) in [5, 5.41) is 8.32. The summed E-state index contributed by atoms with van der Waals surface area (Å²) >= 11 is 3.67. The van der Waals surface area contributed by atoms with Crippen LogP contribution >= 0.6 is 12.6 Å². The number of nitrogens with two attached hydrogens (primary N) is 1. The minimum atomic E-state index is -1.61. The van der Waals surface area contributed by atoms with Crippen molar-refractivity contribution in [3.05, 3.63) is 0 Å².